The molecule has 0 aliphatic rings. The molecule has 1 rings (SSSR count). The second kappa shape index (κ2) is 7.65. The standard InChI is InChI=1S/C12H18N2O3/c1-2-17-11-5-3-10(4-6-11)14-12(16)9-13-7-8-15/h3-6,13,15H,2,7-9H2,1H3,(H,14,16). The Morgan fingerprint density at radius 2 is 2.06 bits per heavy atom. The molecule has 1 amide bonds. The predicted molar refractivity (Wildman–Crippen MR) is 66.2 cm³/mol. The first-order chi connectivity index (χ1) is 8.26. The maximum Gasteiger partial charge on any atom is 0.238 e. The molecular formula is C12H18N2O3. The van der Waals surface area contributed by atoms with Crippen molar-refractivity contribution in [3.05, 3.63) is 24.3 Å². The number of benzene rings is 1. The molecule has 3 N–H and O–H groups in total. The summed E-state index contributed by atoms with van der Waals surface area (Å²) in [6, 6.07) is 7.18. The molecule has 0 atom stereocenters. The van der Waals surface area contributed by atoms with Crippen molar-refractivity contribution in [3.8, 4) is 5.75 Å². The monoisotopic (exact) mass is 238 g/mol. The maximum atomic E-state index is 11.4. The normalized spacial score (nSPS) is 10.0. The van der Waals surface area contributed by atoms with Crippen LogP contribution >= 0.6 is 0 Å². The third-order valence-corrected chi connectivity index (χ3v) is 2.02. The number of amides is 1. The van der Waals surface area contributed by atoms with Gasteiger partial charge in [-0.3, -0.25) is 4.79 Å². The number of rotatable bonds is 7. The van der Waals surface area contributed by atoms with Crippen molar-refractivity contribution in [2.24, 2.45) is 0 Å². The molecule has 0 spiro atoms. The summed E-state index contributed by atoms with van der Waals surface area (Å²) in [5.74, 6) is 0.645. The molecule has 0 heterocycles. The van der Waals surface area contributed by atoms with Crippen LogP contribution in [0.5, 0.6) is 5.75 Å². The largest absolute Gasteiger partial charge is 0.494 e. The van der Waals surface area contributed by atoms with Crippen LogP contribution in [0.25, 0.3) is 0 Å². The van der Waals surface area contributed by atoms with E-state index in [2.05, 4.69) is 10.6 Å². The van der Waals surface area contributed by atoms with Crippen molar-refractivity contribution in [3.63, 3.8) is 0 Å². The van der Waals surface area contributed by atoms with Gasteiger partial charge in [0.2, 0.25) is 5.91 Å². The van der Waals surface area contributed by atoms with Crippen molar-refractivity contribution in [1.29, 1.82) is 0 Å². The first-order valence-corrected chi connectivity index (χ1v) is 5.60. The summed E-state index contributed by atoms with van der Waals surface area (Å²) in [6.07, 6.45) is 0. The number of carbonyl (C=O) groups excluding carboxylic acids is 1. The van der Waals surface area contributed by atoms with Gasteiger partial charge in [-0.05, 0) is 31.2 Å². The summed E-state index contributed by atoms with van der Waals surface area (Å²) in [5.41, 5.74) is 0.726. The fraction of sp³-hybridized carbons (Fsp3) is 0.417. The lowest BCUT2D eigenvalue weighted by Gasteiger charge is -2.07. The van der Waals surface area contributed by atoms with Gasteiger partial charge in [-0.2, -0.15) is 0 Å². The minimum absolute atomic E-state index is 0.0241. The Hall–Kier alpha value is -1.59. The van der Waals surface area contributed by atoms with Crippen LogP contribution < -0.4 is 15.4 Å². The topological polar surface area (TPSA) is 70.6 Å². The van der Waals surface area contributed by atoms with E-state index in [1.54, 1.807) is 24.3 Å². The fourth-order valence-corrected chi connectivity index (χ4v) is 1.29. The van der Waals surface area contributed by atoms with Crippen LogP contribution in [0.1, 0.15) is 6.92 Å². The molecule has 0 bridgehead atoms. The zero-order valence-corrected chi connectivity index (χ0v) is 9.90. The number of aliphatic hydroxyl groups is 1. The molecule has 17 heavy (non-hydrogen) atoms. The Kier molecular flexibility index (Phi) is 6.06. The van der Waals surface area contributed by atoms with Crippen molar-refractivity contribution in [2.45, 2.75) is 6.92 Å². The number of hydrogen-bond donors (Lipinski definition) is 3. The van der Waals surface area contributed by atoms with Gasteiger partial charge in [-0.1, -0.05) is 0 Å². The Balaban J connectivity index is 2.37. The number of anilines is 1. The highest BCUT2D eigenvalue weighted by molar-refractivity contribution is 5.92. The minimum atomic E-state index is -0.136. The zero-order chi connectivity index (χ0) is 12.5. The number of hydrogen-bond acceptors (Lipinski definition) is 4. The Morgan fingerprint density at radius 1 is 1.35 bits per heavy atom. The van der Waals surface area contributed by atoms with E-state index in [0.717, 1.165) is 11.4 Å². The van der Waals surface area contributed by atoms with Crippen LogP contribution in [0.3, 0.4) is 0 Å². The van der Waals surface area contributed by atoms with Crippen molar-refractivity contribution in [2.75, 3.05) is 31.6 Å². The highest BCUT2D eigenvalue weighted by Gasteiger charge is 2.01. The lowest BCUT2D eigenvalue weighted by molar-refractivity contribution is -0.115. The van der Waals surface area contributed by atoms with Crippen molar-refractivity contribution >= 4 is 11.6 Å². The van der Waals surface area contributed by atoms with Gasteiger partial charge in [0.25, 0.3) is 0 Å². The average molecular weight is 238 g/mol. The number of carbonyl (C=O) groups is 1. The molecule has 1 aromatic carbocycles. The van der Waals surface area contributed by atoms with Gasteiger partial charge >= 0.3 is 0 Å². The Morgan fingerprint density at radius 3 is 2.65 bits per heavy atom. The van der Waals surface area contributed by atoms with Gasteiger partial charge in [0.1, 0.15) is 5.75 Å². The average Bonchev–Trinajstić information content (AvgIpc) is 2.32. The van der Waals surface area contributed by atoms with Crippen LogP contribution in [0.15, 0.2) is 24.3 Å². The summed E-state index contributed by atoms with van der Waals surface area (Å²) in [5, 5.41) is 14.1. The van der Waals surface area contributed by atoms with E-state index in [1.807, 2.05) is 6.92 Å². The van der Waals surface area contributed by atoms with E-state index in [-0.39, 0.29) is 19.1 Å². The summed E-state index contributed by atoms with van der Waals surface area (Å²) in [4.78, 5) is 11.4. The van der Waals surface area contributed by atoms with Gasteiger partial charge in [-0.15, -0.1) is 0 Å². The molecule has 0 aliphatic carbocycles. The van der Waals surface area contributed by atoms with E-state index < -0.39 is 0 Å². The molecule has 1 aromatic rings. The van der Waals surface area contributed by atoms with Crippen LogP contribution in [-0.4, -0.2) is 37.3 Å². The molecule has 0 saturated carbocycles. The quantitative estimate of drug-likeness (QED) is 0.609. The van der Waals surface area contributed by atoms with Crippen molar-refractivity contribution < 1.29 is 14.6 Å². The van der Waals surface area contributed by atoms with Crippen molar-refractivity contribution in [1.82, 2.24) is 5.32 Å². The van der Waals surface area contributed by atoms with Gasteiger partial charge in [0, 0.05) is 12.2 Å². The van der Waals surface area contributed by atoms with E-state index in [0.29, 0.717) is 13.2 Å². The maximum absolute atomic E-state index is 11.4. The fourth-order valence-electron chi connectivity index (χ4n) is 1.29. The van der Waals surface area contributed by atoms with Crippen LogP contribution in [-0.2, 0) is 4.79 Å². The highest BCUT2D eigenvalue weighted by atomic mass is 16.5. The molecule has 0 radical (unpaired) electrons. The van der Waals surface area contributed by atoms with Gasteiger partial charge in [0.05, 0.1) is 19.8 Å². The molecule has 0 aliphatic heterocycles. The van der Waals surface area contributed by atoms with E-state index in [1.165, 1.54) is 0 Å². The molecule has 5 heteroatoms. The van der Waals surface area contributed by atoms with Gasteiger partial charge < -0.3 is 20.5 Å². The second-order valence-corrected chi connectivity index (χ2v) is 3.41. The first kappa shape index (κ1) is 13.5. The molecule has 94 valence electrons. The van der Waals surface area contributed by atoms with Gasteiger partial charge in [0.15, 0.2) is 0 Å². The number of ether oxygens (including phenoxy) is 1. The summed E-state index contributed by atoms with van der Waals surface area (Å²) < 4.78 is 5.29. The summed E-state index contributed by atoms with van der Waals surface area (Å²) >= 11 is 0. The van der Waals surface area contributed by atoms with Crippen LogP contribution in [0.2, 0.25) is 0 Å². The van der Waals surface area contributed by atoms with Gasteiger partial charge in [-0.25, -0.2) is 0 Å². The summed E-state index contributed by atoms with van der Waals surface area (Å²) in [6.45, 7) is 3.17. The Labute approximate surface area is 101 Å². The zero-order valence-electron chi connectivity index (χ0n) is 9.90. The third kappa shape index (κ3) is 5.33. The third-order valence-electron chi connectivity index (χ3n) is 2.02. The van der Waals surface area contributed by atoms with Crippen LogP contribution in [0.4, 0.5) is 5.69 Å². The lowest BCUT2D eigenvalue weighted by atomic mass is 10.3. The van der Waals surface area contributed by atoms with E-state index in [4.69, 9.17) is 9.84 Å². The minimum Gasteiger partial charge on any atom is -0.494 e. The molecule has 0 unspecified atom stereocenters. The predicted octanol–water partition coefficient (Wildman–Crippen LogP) is 0.606. The van der Waals surface area contributed by atoms with Crippen LogP contribution in [0, 0.1) is 0 Å². The molecule has 0 fully saturated rings. The molecule has 0 saturated heterocycles. The SMILES string of the molecule is CCOc1ccc(NC(=O)CNCCO)cc1. The van der Waals surface area contributed by atoms with E-state index >= 15 is 0 Å². The molecule has 5 nitrogen and oxygen atoms in total. The Bertz CT molecular complexity index is 338. The lowest BCUT2D eigenvalue weighted by Crippen LogP contribution is -2.29. The molecule has 0 aromatic heterocycles. The summed E-state index contributed by atoms with van der Waals surface area (Å²) in [7, 11) is 0. The highest BCUT2D eigenvalue weighted by Crippen LogP contribution is 2.15. The number of aliphatic hydroxyl groups excluding tert-OH is 1. The van der Waals surface area contributed by atoms with E-state index in [9.17, 15) is 4.79 Å². The second-order valence-electron chi connectivity index (χ2n) is 3.41. The smallest absolute Gasteiger partial charge is 0.238 e. The molecular weight excluding hydrogens is 220 g/mol. The number of nitrogens with one attached hydrogen (secondary N) is 2. The first-order valence-electron chi connectivity index (χ1n) is 5.60.